The van der Waals surface area contributed by atoms with E-state index in [0.29, 0.717) is 18.5 Å². The van der Waals surface area contributed by atoms with Gasteiger partial charge in [0.1, 0.15) is 0 Å². The predicted molar refractivity (Wildman–Crippen MR) is 74.4 cm³/mol. The smallest absolute Gasteiger partial charge is 0.182 e. The number of rotatable bonds is 4. The van der Waals surface area contributed by atoms with Crippen LogP contribution in [0.5, 0.6) is 0 Å². The van der Waals surface area contributed by atoms with Crippen molar-refractivity contribution in [2.75, 3.05) is 19.8 Å². The van der Waals surface area contributed by atoms with E-state index in [9.17, 15) is 4.79 Å². The summed E-state index contributed by atoms with van der Waals surface area (Å²) in [5, 5.41) is 3.74. The van der Waals surface area contributed by atoms with Crippen molar-refractivity contribution in [2.24, 2.45) is 0 Å². The third kappa shape index (κ3) is 3.57. The SMILES string of the molecule is CC(C)Sc1ccc(C(=O)C2COCCN2)cc1. The Balaban J connectivity index is 2.02. The summed E-state index contributed by atoms with van der Waals surface area (Å²) in [6.07, 6.45) is 0. The van der Waals surface area contributed by atoms with Crippen LogP contribution in [0.25, 0.3) is 0 Å². The van der Waals surface area contributed by atoms with Gasteiger partial charge in [-0.05, 0) is 12.1 Å². The molecule has 0 aromatic heterocycles. The average Bonchev–Trinajstić information content (AvgIpc) is 2.39. The Kier molecular flexibility index (Phi) is 4.80. The minimum atomic E-state index is -0.192. The topological polar surface area (TPSA) is 38.3 Å². The van der Waals surface area contributed by atoms with E-state index in [-0.39, 0.29) is 11.8 Å². The first-order valence-corrected chi connectivity index (χ1v) is 7.17. The Morgan fingerprint density at radius 3 is 2.67 bits per heavy atom. The van der Waals surface area contributed by atoms with E-state index in [1.165, 1.54) is 4.90 Å². The van der Waals surface area contributed by atoms with Crippen LogP contribution < -0.4 is 5.32 Å². The standard InChI is InChI=1S/C14H19NO2S/c1-10(2)18-12-5-3-11(4-6-12)14(16)13-9-17-8-7-15-13/h3-6,10,13,15H,7-9H2,1-2H3. The third-order valence-corrected chi connectivity index (χ3v) is 3.76. The molecule has 0 saturated carbocycles. The van der Waals surface area contributed by atoms with Crippen molar-refractivity contribution in [3.63, 3.8) is 0 Å². The van der Waals surface area contributed by atoms with E-state index < -0.39 is 0 Å². The molecule has 1 unspecified atom stereocenters. The van der Waals surface area contributed by atoms with Gasteiger partial charge in [-0.1, -0.05) is 26.0 Å². The van der Waals surface area contributed by atoms with Crippen LogP contribution in [0.1, 0.15) is 24.2 Å². The van der Waals surface area contributed by atoms with Crippen LogP contribution in [0.15, 0.2) is 29.2 Å². The second-order valence-corrected chi connectivity index (χ2v) is 6.29. The summed E-state index contributed by atoms with van der Waals surface area (Å²) in [5.74, 6) is 0.121. The second-order valence-electron chi connectivity index (χ2n) is 4.64. The fraction of sp³-hybridized carbons (Fsp3) is 0.500. The summed E-state index contributed by atoms with van der Waals surface area (Å²) in [7, 11) is 0. The lowest BCUT2D eigenvalue weighted by atomic mass is 10.0. The number of ketones is 1. The zero-order valence-corrected chi connectivity index (χ0v) is 11.6. The molecule has 0 bridgehead atoms. The first-order chi connectivity index (χ1) is 8.66. The molecule has 1 aromatic rings. The van der Waals surface area contributed by atoms with Crippen molar-refractivity contribution in [3.8, 4) is 0 Å². The van der Waals surface area contributed by atoms with E-state index in [1.807, 2.05) is 24.3 Å². The van der Waals surface area contributed by atoms with Crippen molar-refractivity contribution in [3.05, 3.63) is 29.8 Å². The Labute approximate surface area is 112 Å². The first-order valence-electron chi connectivity index (χ1n) is 6.29. The van der Waals surface area contributed by atoms with Gasteiger partial charge in [0.15, 0.2) is 5.78 Å². The molecule has 0 amide bonds. The van der Waals surface area contributed by atoms with E-state index in [0.717, 1.165) is 12.1 Å². The quantitative estimate of drug-likeness (QED) is 0.670. The number of thioether (sulfide) groups is 1. The molecule has 3 nitrogen and oxygen atoms in total. The van der Waals surface area contributed by atoms with Gasteiger partial charge < -0.3 is 10.1 Å². The summed E-state index contributed by atoms with van der Waals surface area (Å²) in [4.78, 5) is 13.4. The number of benzene rings is 1. The van der Waals surface area contributed by atoms with Crippen LogP contribution >= 0.6 is 11.8 Å². The van der Waals surface area contributed by atoms with Crippen molar-refractivity contribution in [2.45, 2.75) is 30.0 Å². The van der Waals surface area contributed by atoms with Gasteiger partial charge in [0.05, 0.1) is 19.3 Å². The molecule has 1 saturated heterocycles. The summed E-state index contributed by atoms with van der Waals surface area (Å²) in [6.45, 7) is 6.23. The van der Waals surface area contributed by atoms with Crippen molar-refractivity contribution < 1.29 is 9.53 Å². The normalized spacial score (nSPS) is 20.1. The number of Topliss-reactive ketones (excluding diaryl/α,β-unsaturated/α-hetero) is 1. The second kappa shape index (κ2) is 6.36. The van der Waals surface area contributed by atoms with E-state index >= 15 is 0 Å². The predicted octanol–water partition coefficient (Wildman–Crippen LogP) is 2.36. The molecule has 1 aliphatic rings. The zero-order valence-electron chi connectivity index (χ0n) is 10.8. The molecular formula is C14H19NO2S. The zero-order chi connectivity index (χ0) is 13.0. The van der Waals surface area contributed by atoms with Crippen molar-refractivity contribution in [1.82, 2.24) is 5.32 Å². The van der Waals surface area contributed by atoms with E-state index in [1.54, 1.807) is 11.8 Å². The summed E-state index contributed by atoms with van der Waals surface area (Å²) in [5.41, 5.74) is 0.756. The number of hydrogen-bond acceptors (Lipinski definition) is 4. The lowest BCUT2D eigenvalue weighted by Gasteiger charge is -2.22. The molecule has 1 N–H and O–H groups in total. The van der Waals surface area contributed by atoms with Crippen LogP contribution in [-0.4, -0.2) is 36.8 Å². The highest BCUT2D eigenvalue weighted by Gasteiger charge is 2.22. The Morgan fingerprint density at radius 2 is 2.11 bits per heavy atom. The molecule has 0 aliphatic carbocycles. The first kappa shape index (κ1) is 13.6. The van der Waals surface area contributed by atoms with Gasteiger partial charge in [0, 0.05) is 22.3 Å². The summed E-state index contributed by atoms with van der Waals surface area (Å²) in [6, 6.07) is 7.65. The maximum Gasteiger partial charge on any atom is 0.182 e. The third-order valence-electron chi connectivity index (χ3n) is 2.75. The fourth-order valence-corrected chi connectivity index (χ4v) is 2.74. The van der Waals surface area contributed by atoms with Crippen molar-refractivity contribution in [1.29, 1.82) is 0 Å². The fourth-order valence-electron chi connectivity index (χ4n) is 1.90. The molecule has 1 atom stereocenters. The molecular weight excluding hydrogens is 246 g/mol. The highest BCUT2D eigenvalue weighted by molar-refractivity contribution is 7.99. The van der Waals surface area contributed by atoms with Gasteiger partial charge in [-0.2, -0.15) is 0 Å². The minimum Gasteiger partial charge on any atom is -0.378 e. The molecule has 0 radical (unpaired) electrons. The molecule has 2 rings (SSSR count). The van der Waals surface area contributed by atoms with E-state index in [2.05, 4.69) is 19.2 Å². The van der Waals surface area contributed by atoms with Gasteiger partial charge in [-0.3, -0.25) is 4.79 Å². The van der Waals surface area contributed by atoms with E-state index in [4.69, 9.17) is 4.74 Å². The minimum absolute atomic E-state index is 0.121. The molecule has 4 heteroatoms. The average molecular weight is 265 g/mol. The number of carbonyl (C=O) groups excluding carboxylic acids is 1. The highest BCUT2D eigenvalue weighted by atomic mass is 32.2. The molecule has 1 heterocycles. The molecule has 98 valence electrons. The highest BCUT2D eigenvalue weighted by Crippen LogP contribution is 2.23. The lowest BCUT2D eigenvalue weighted by molar-refractivity contribution is 0.0607. The van der Waals surface area contributed by atoms with Gasteiger partial charge >= 0.3 is 0 Å². The number of nitrogens with one attached hydrogen (secondary N) is 1. The molecule has 1 aromatic carbocycles. The Hall–Kier alpha value is -0.840. The van der Waals surface area contributed by atoms with Crippen LogP contribution in [0.4, 0.5) is 0 Å². The number of morpholine rings is 1. The maximum absolute atomic E-state index is 12.2. The maximum atomic E-state index is 12.2. The van der Waals surface area contributed by atoms with Crippen molar-refractivity contribution >= 4 is 17.5 Å². The lowest BCUT2D eigenvalue weighted by Crippen LogP contribution is -2.46. The number of hydrogen-bond donors (Lipinski definition) is 1. The Morgan fingerprint density at radius 1 is 1.39 bits per heavy atom. The summed E-state index contributed by atoms with van der Waals surface area (Å²) >= 11 is 1.80. The Bertz CT molecular complexity index is 397. The van der Waals surface area contributed by atoms with Crippen LogP contribution in [0, 0.1) is 0 Å². The molecule has 0 spiro atoms. The van der Waals surface area contributed by atoms with Crippen LogP contribution in [0.2, 0.25) is 0 Å². The van der Waals surface area contributed by atoms with Crippen LogP contribution in [0.3, 0.4) is 0 Å². The van der Waals surface area contributed by atoms with Gasteiger partial charge in [-0.15, -0.1) is 11.8 Å². The van der Waals surface area contributed by atoms with Gasteiger partial charge in [0.2, 0.25) is 0 Å². The van der Waals surface area contributed by atoms with Gasteiger partial charge in [-0.25, -0.2) is 0 Å². The molecule has 1 fully saturated rings. The van der Waals surface area contributed by atoms with Crippen LogP contribution in [-0.2, 0) is 4.74 Å². The number of ether oxygens (including phenoxy) is 1. The largest absolute Gasteiger partial charge is 0.378 e. The molecule has 18 heavy (non-hydrogen) atoms. The van der Waals surface area contributed by atoms with Gasteiger partial charge in [0.25, 0.3) is 0 Å². The summed E-state index contributed by atoms with van der Waals surface area (Å²) < 4.78 is 5.31. The monoisotopic (exact) mass is 265 g/mol. The number of carbonyl (C=O) groups is 1. The molecule has 1 aliphatic heterocycles.